The summed E-state index contributed by atoms with van der Waals surface area (Å²) < 4.78 is 20.8. The molecule has 0 aromatic carbocycles. The van der Waals surface area contributed by atoms with Crippen molar-refractivity contribution in [2.24, 2.45) is 16.6 Å². The Labute approximate surface area is 343 Å². The minimum Gasteiger partial charge on any atom is -0.465 e. The summed E-state index contributed by atoms with van der Waals surface area (Å²) in [5.74, 6) is 11.8. The van der Waals surface area contributed by atoms with E-state index >= 15 is 0 Å². The Morgan fingerprint density at radius 3 is 1.65 bits per heavy atom. The number of methoxy groups -OCH3 is 2. The van der Waals surface area contributed by atoms with Crippen molar-refractivity contribution in [1.82, 2.24) is 9.80 Å². The van der Waals surface area contributed by atoms with Crippen LogP contribution in [0.25, 0.3) is 0 Å². The van der Waals surface area contributed by atoms with Crippen LogP contribution in [0.2, 0.25) is 0 Å². The van der Waals surface area contributed by atoms with Crippen molar-refractivity contribution in [2.45, 2.75) is 80.3 Å². The van der Waals surface area contributed by atoms with Gasteiger partial charge < -0.3 is 39.8 Å². The Morgan fingerprint density at radius 1 is 0.782 bits per heavy atom. The first-order valence-corrected chi connectivity index (χ1v) is 20.7. The topological polar surface area (TPSA) is 150 Å². The first-order valence-electron chi connectivity index (χ1n) is 18.2. The van der Waals surface area contributed by atoms with Crippen LogP contribution in [0, 0.1) is 34.5 Å². The molecule has 2 aromatic rings. The summed E-state index contributed by atoms with van der Waals surface area (Å²) in [6, 6.07) is 2.92. The van der Waals surface area contributed by atoms with Crippen molar-refractivity contribution in [2.75, 3.05) is 72.1 Å². The van der Waals surface area contributed by atoms with E-state index < -0.39 is 12.0 Å². The van der Waals surface area contributed by atoms with Crippen LogP contribution in [0.5, 0.6) is 0 Å². The summed E-state index contributed by atoms with van der Waals surface area (Å²) in [7, 11) is 2.72. The number of thiophene rings is 2. The highest BCUT2D eigenvalue weighted by atomic mass is 79.9. The van der Waals surface area contributed by atoms with Crippen molar-refractivity contribution in [3.63, 3.8) is 0 Å². The number of halogens is 1. The van der Waals surface area contributed by atoms with Crippen molar-refractivity contribution in [3.8, 4) is 23.7 Å². The number of nitrogens with one attached hydrogen (secondary N) is 1. The van der Waals surface area contributed by atoms with Crippen LogP contribution in [0.15, 0.2) is 16.6 Å². The molecule has 0 aliphatic carbocycles. The Kier molecular flexibility index (Phi) is 19.9. The molecule has 304 valence electrons. The molecule has 2 aliphatic heterocycles. The summed E-state index contributed by atoms with van der Waals surface area (Å²) in [6.07, 6.45) is 1.31. The molecule has 4 rings (SSSR count). The molecule has 0 spiro atoms. The van der Waals surface area contributed by atoms with Gasteiger partial charge in [0.25, 0.3) is 0 Å². The van der Waals surface area contributed by atoms with E-state index in [1.54, 1.807) is 9.80 Å². The van der Waals surface area contributed by atoms with Crippen LogP contribution < -0.4 is 11.1 Å². The molecule has 2 atom stereocenters. The van der Waals surface area contributed by atoms with Gasteiger partial charge in [-0.3, -0.25) is 9.59 Å². The fourth-order valence-electron chi connectivity index (χ4n) is 4.69. The van der Waals surface area contributed by atoms with E-state index in [0.717, 1.165) is 14.2 Å². The molecule has 4 heterocycles. The van der Waals surface area contributed by atoms with Gasteiger partial charge in [0, 0.05) is 41.5 Å². The molecule has 2 amide bonds. The Hall–Kier alpha value is -3.44. The number of morpholine rings is 2. The maximum absolute atomic E-state index is 12.8. The van der Waals surface area contributed by atoms with Gasteiger partial charge in [0.05, 0.1) is 62.1 Å². The van der Waals surface area contributed by atoms with E-state index in [0.29, 0.717) is 80.9 Å². The zero-order chi connectivity index (χ0) is 41.3. The van der Waals surface area contributed by atoms with Crippen molar-refractivity contribution in [1.29, 1.82) is 0 Å². The fourth-order valence-corrected chi connectivity index (χ4v) is 7.19. The fraction of sp³-hybridized carbons (Fsp3) is 0.600. The Morgan fingerprint density at radius 2 is 1.22 bits per heavy atom. The van der Waals surface area contributed by atoms with Crippen LogP contribution in [0.4, 0.5) is 5.69 Å². The van der Waals surface area contributed by atoms with Crippen LogP contribution in [0.3, 0.4) is 0 Å². The molecule has 2 saturated heterocycles. The van der Waals surface area contributed by atoms with Gasteiger partial charge in [-0.05, 0) is 82.4 Å². The van der Waals surface area contributed by atoms with Crippen molar-refractivity contribution in [3.05, 3.63) is 36.1 Å². The number of carbonyl (C=O) groups is 4. The highest BCUT2D eigenvalue weighted by Crippen LogP contribution is 2.30. The lowest BCUT2D eigenvalue weighted by molar-refractivity contribution is -0.137. The number of amides is 2. The molecule has 0 bridgehead atoms. The molecule has 2 aliphatic rings. The highest BCUT2D eigenvalue weighted by Gasteiger charge is 2.27. The number of nitrogens with two attached hydrogens (primary N) is 1. The molecule has 15 heteroatoms. The van der Waals surface area contributed by atoms with Gasteiger partial charge in [-0.15, -0.1) is 22.7 Å². The largest absolute Gasteiger partial charge is 0.465 e. The van der Waals surface area contributed by atoms with Crippen molar-refractivity contribution >= 4 is 68.0 Å². The predicted molar refractivity (Wildman–Crippen MR) is 222 cm³/mol. The van der Waals surface area contributed by atoms with E-state index in [9.17, 15) is 19.2 Å². The molecule has 0 radical (unpaired) electrons. The molecule has 2 aromatic heterocycles. The maximum Gasteiger partial charge on any atom is 0.350 e. The predicted octanol–water partition coefficient (Wildman–Crippen LogP) is 6.26. The van der Waals surface area contributed by atoms with Gasteiger partial charge in [-0.25, -0.2) is 9.59 Å². The van der Waals surface area contributed by atoms with E-state index in [-0.39, 0.29) is 34.7 Å². The third kappa shape index (κ3) is 16.7. The monoisotopic (exact) mass is 864 g/mol. The molecule has 0 saturated carbocycles. The molecule has 3 N–H and O–H groups in total. The summed E-state index contributed by atoms with van der Waals surface area (Å²) in [5.41, 5.74) is 6.03. The van der Waals surface area contributed by atoms with Gasteiger partial charge in [0.2, 0.25) is 11.8 Å². The quantitative estimate of drug-likeness (QED) is 0.230. The number of hydrogen-bond donors (Lipinski definition) is 2. The van der Waals surface area contributed by atoms with E-state index in [4.69, 9.17) is 19.9 Å². The van der Waals surface area contributed by atoms with E-state index in [2.05, 4.69) is 49.7 Å². The summed E-state index contributed by atoms with van der Waals surface area (Å²) >= 11 is 5.94. The third-order valence-electron chi connectivity index (χ3n) is 7.72. The minimum absolute atomic E-state index is 0.0186. The lowest BCUT2D eigenvalue weighted by atomic mass is 9.98. The minimum atomic E-state index is -0.431. The number of esters is 2. The van der Waals surface area contributed by atoms with E-state index in [1.807, 2.05) is 67.5 Å². The second-order valence-corrected chi connectivity index (χ2v) is 17.6. The number of hydrogen-bond acceptors (Lipinski definition) is 12. The Balaban J connectivity index is 0.000000315. The summed E-state index contributed by atoms with van der Waals surface area (Å²) in [5, 5.41) is 3.24. The maximum atomic E-state index is 12.8. The van der Waals surface area contributed by atoms with Crippen LogP contribution in [-0.2, 0) is 28.5 Å². The Bertz CT molecular complexity index is 1710. The number of ether oxygens (including phenoxy) is 4. The molecule has 0 unspecified atom stereocenters. The smallest absolute Gasteiger partial charge is 0.350 e. The molecule has 12 nitrogen and oxygen atoms in total. The molecular weight excluding hydrogens is 808 g/mol. The number of nitrogens with zero attached hydrogens (tertiary/aromatic N) is 2. The number of anilines is 1. The van der Waals surface area contributed by atoms with Gasteiger partial charge in [-0.1, -0.05) is 37.5 Å². The summed E-state index contributed by atoms with van der Waals surface area (Å²) in [6.45, 7) is 21.0. The zero-order valence-corrected chi connectivity index (χ0v) is 37.0. The van der Waals surface area contributed by atoms with Gasteiger partial charge in [0.15, 0.2) is 0 Å². The zero-order valence-electron chi connectivity index (χ0n) is 33.8. The van der Waals surface area contributed by atoms with Gasteiger partial charge in [-0.2, -0.15) is 0 Å². The molecular formula is C40H57BrN4O8S2. The first kappa shape index (κ1) is 47.7. The number of rotatable bonds is 8. The lowest BCUT2D eigenvalue weighted by Crippen LogP contribution is -2.48. The molecule has 55 heavy (non-hydrogen) atoms. The van der Waals surface area contributed by atoms with E-state index in [1.165, 1.54) is 36.9 Å². The lowest BCUT2D eigenvalue weighted by Gasteiger charge is -2.30. The molecule has 2 fully saturated rings. The third-order valence-corrected chi connectivity index (χ3v) is 10.7. The highest BCUT2D eigenvalue weighted by molar-refractivity contribution is 9.10. The number of carbonyl (C=O) groups excluding carboxylic acids is 4. The van der Waals surface area contributed by atoms with Crippen LogP contribution in [0.1, 0.15) is 97.3 Å². The van der Waals surface area contributed by atoms with Gasteiger partial charge in [0.1, 0.15) is 15.8 Å². The normalized spacial score (nSPS) is 15.2. The second kappa shape index (κ2) is 23.0. The van der Waals surface area contributed by atoms with Crippen LogP contribution >= 0.6 is 38.6 Å². The second-order valence-electron chi connectivity index (χ2n) is 14.6. The average molecular weight is 866 g/mol. The standard InChI is InChI=1S/C20H28N2O4S.C12H13BrO2S.C8H16N2O2/c1-6-15(18(23)22-9-11-26-12-10-22)21-16-13-14(7-8-20(2,3)4)27-17(16)19(24)25-5;1-12(2,3)6-5-8-7-9(13)10(16-8)11(14)15-4;1-2-7(9)8(11)10-3-5-12-6-4-10/h13,15,21H,6,9-12H2,1-5H3;7H,1-4H3;7H,2-6,9H2,1H3/t15-;;7-/m1.1/s1. The van der Waals surface area contributed by atoms with Crippen LogP contribution in [-0.4, -0.2) is 112 Å². The van der Waals surface area contributed by atoms with Crippen molar-refractivity contribution < 1.29 is 38.1 Å². The SMILES string of the molecule is CC[C@@H](N)C(=O)N1CCOCC1.CC[C@@H](Nc1cc(C#CC(C)(C)C)sc1C(=O)OC)C(=O)N1CCOCC1.COC(=O)c1sc(C#CC(C)(C)C)cc1Br. The van der Waals surface area contributed by atoms with Gasteiger partial charge >= 0.3 is 11.9 Å². The summed E-state index contributed by atoms with van der Waals surface area (Å²) in [4.78, 5) is 54.0. The average Bonchev–Trinajstić information content (AvgIpc) is 3.76. The first-order chi connectivity index (χ1) is 25.8.